The smallest absolute Gasteiger partial charge is 0.337 e. The van der Waals surface area contributed by atoms with Crippen LogP contribution in [-0.2, 0) is 11.3 Å². The zero-order valence-corrected chi connectivity index (χ0v) is 14.6. The van der Waals surface area contributed by atoms with E-state index in [-0.39, 0.29) is 5.91 Å². The number of aryl methyl sites for hydroxylation is 1. The number of hydrogen-bond donors (Lipinski definition) is 1. The van der Waals surface area contributed by atoms with E-state index in [4.69, 9.17) is 0 Å². The molecule has 3 aromatic rings. The summed E-state index contributed by atoms with van der Waals surface area (Å²) in [5, 5.41) is 7.14. The first-order valence-electron chi connectivity index (χ1n) is 8.14. The van der Waals surface area contributed by atoms with Crippen LogP contribution in [0.3, 0.4) is 0 Å². The van der Waals surface area contributed by atoms with Crippen molar-refractivity contribution in [2.24, 2.45) is 0 Å². The van der Waals surface area contributed by atoms with E-state index < -0.39 is 5.97 Å². The minimum atomic E-state index is -0.438. The molecule has 0 saturated carbocycles. The van der Waals surface area contributed by atoms with Crippen LogP contribution in [0.1, 0.15) is 31.8 Å². The molecule has 0 aliphatic heterocycles. The normalized spacial score (nSPS) is 10.4. The Hall–Kier alpha value is -3.41. The van der Waals surface area contributed by atoms with Crippen molar-refractivity contribution in [3.8, 4) is 0 Å². The van der Waals surface area contributed by atoms with Gasteiger partial charge >= 0.3 is 5.97 Å². The highest BCUT2D eigenvalue weighted by molar-refractivity contribution is 6.04. The van der Waals surface area contributed by atoms with Gasteiger partial charge in [-0.25, -0.2) is 4.79 Å². The molecule has 0 fully saturated rings. The Bertz CT molecular complexity index is 929. The minimum Gasteiger partial charge on any atom is -0.465 e. The number of carbonyl (C=O) groups excluding carboxylic acids is 2. The monoisotopic (exact) mass is 349 g/mol. The number of methoxy groups -OCH3 is 1. The average molecular weight is 349 g/mol. The largest absolute Gasteiger partial charge is 0.465 e. The molecule has 1 heterocycles. The fourth-order valence-corrected chi connectivity index (χ4v) is 2.54. The Balaban J connectivity index is 1.66. The van der Waals surface area contributed by atoms with E-state index in [1.807, 2.05) is 18.3 Å². The van der Waals surface area contributed by atoms with E-state index in [1.165, 1.54) is 18.2 Å². The number of nitrogens with zero attached hydrogens (tertiary/aromatic N) is 2. The van der Waals surface area contributed by atoms with E-state index in [1.54, 1.807) is 35.0 Å². The molecule has 3 rings (SSSR count). The SMILES string of the molecule is COC(=O)c1ccc(C(=O)Nc2ccn(Cc3ccccc3C)n2)cc1. The molecule has 0 unspecified atom stereocenters. The zero-order valence-electron chi connectivity index (χ0n) is 14.6. The van der Waals surface area contributed by atoms with Crippen LogP contribution < -0.4 is 5.32 Å². The zero-order chi connectivity index (χ0) is 18.5. The Morgan fingerprint density at radius 3 is 2.42 bits per heavy atom. The average Bonchev–Trinajstić information content (AvgIpc) is 3.10. The second-order valence-corrected chi connectivity index (χ2v) is 5.85. The molecule has 1 aromatic heterocycles. The van der Waals surface area contributed by atoms with Crippen LogP contribution in [0.25, 0.3) is 0 Å². The fourth-order valence-electron chi connectivity index (χ4n) is 2.54. The second kappa shape index (κ2) is 7.65. The lowest BCUT2D eigenvalue weighted by atomic mass is 10.1. The number of rotatable bonds is 5. The summed E-state index contributed by atoms with van der Waals surface area (Å²) in [5.41, 5.74) is 3.20. The van der Waals surface area contributed by atoms with Crippen molar-refractivity contribution in [3.63, 3.8) is 0 Å². The lowest BCUT2D eigenvalue weighted by molar-refractivity contribution is 0.0600. The first kappa shape index (κ1) is 17.4. The summed E-state index contributed by atoms with van der Waals surface area (Å²) >= 11 is 0. The fraction of sp³-hybridized carbons (Fsp3) is 0.150. The Morgan fingerprint density at radius 2 is 1.73 bits per heavy atom. The van der Waals surface area contributed by atoms with Crippen molar-refractivity contribution in [2.45, 2.75) is 13.5 Å². The summed E-state index contributed by atoms with van der Waals surface area (Å²) in [6.07, 6.45) is 1.82. The topological polar surface area (TPSA) is 73.2 Å². The van der Waals surface area contributed by atoms with Gasteiger partial charge in [-0.05, 0) is 42.3 Å². The molecule has 1 amide bonds. The van der Waals surface area contributed by atoms with Crippen LogP contribution >= 0.6 is 0 Å². The summed E-state index contributed by atoms with van der Waals surface area (Å²) in [6, 6.07) is 16.1. The molecule has 132 valence electrons. The third-order valence-corrected chi connectivity index (χ3v) is 4.04. The van der Waals surface area contributed by atoms with Crippen LogP contribution in [0.5, 0.6) is 0 Å². The molecule has 1 N–H and O–H groups in total. The molecule has 6 heteroatoms. The van der Waals surface area contributed by atoms with E-state index in [9.17, 15) is 9.59 Å². The molecular formula is C20H19N3O3. The number of benzene rings is 2. The standard InChI is InChI=1S/C20H19N3O3/c1-14-5-3-4-6-17(14)13-23-12-11-18(22-23)21-19(24)15-7-9-16(10-8-15)20(25)26-2/h3-12H,13H2,1-2H3,(H,21,22,24). The predicted octanol–water partition coefficient (Wildman–Crippen LogP) is 3.28. The maximum Gasteiger partial charge on any atom is 0.337 e. The summed E-state index contributed by atoms with van der Waals surface area (Å²) < 4.78 is 6.42. The van der Waals surface area contributed by atoms with Crippen molar-refractivity contribution in [1.82, 2.24) is 9.78 Å². The van der Waals surface area contributed by atoms with Crippen molar-refractivity contribution in [2.75, 3.05) is 12.4 Å². The van der Waals surface area contributed by atoms with Crippen LogP contribution in [0.4, 0.5) is 5.82 Å². The molecule has 0 bridgehead atoms. The Morgan fingerprint density at radius 1 is 1.04 bits per heavy atom. The summed E-state index contributed by atoms with van der Waals surface area (Å²) in [5.74, 6) is -0.255. The van der Waals surface area contributed by atoms with E-state index in [2.05, 4.69) is 34.2 Å². The number of carbonyl (C=O) groups is 2. The van der Waals surface area contributed by atoms with Gasteiger partial charge in [0.2, 0.25) is 0 Å². The summed E-state index contributed by atoms with van der Waals surface area (Å²) in [7, 11) is 1.32. The quantitative estimate of drug-likeness (QED) is 0.718. The number of esters is 1. The van der Waals surface area contributed by atoms with Crippen LogP contribution in [0.2, 0.25) is 0 Å². The molecule has 26 heavy (non-hydrogen) atoms. The van der Waals surface area contributed by atoms with Crippen LogP contribution in [0.15, 0.2) is 60.8 Å². The van der Waals surface area contributed by atoms with Gasteiger partial charge in [0, 0.05) is 17.8 Å². The molecule has 0 aliphatic rings. The van der Waals surface area contributed by atoms with Crippen molar-refractivity contribution in [3.05, 3.63) is 83.0 Å². The van der Waals surface area contributed by atoms with E-state index in [0.717, 1.165) is 0 Å². The Labute approximate surface area is 151 Å². The van der Waals surface area contributed by atoms with Crippen LogP contribution in [0, 0.1) is 6.92 Å². The highest BCUT2D eigenvalue weighted by Gasteiger charge is 2.10. The van der Waals surface area contributed by atoms with Gasteiger partial charge in [-0.2, -0.15) is 5.10 Å². The van der Waals surface area contributed by atoms with Crippen molar-refractivity contribution < 1.29 is 14.3 Å². The lowest BCUT2D eigenvalue weighted by Crippen LogP contribution is -2.13. The molecule has 0 radical (unpaired) electrons. The van der Waals surface area contributed by atoms with Crippen molar-refractivity contribution >= 4 is 17.7 Å². The Kier molecular flexibility index (Phi) is 5.12. The first-order chi connectivity index (χ1) is 12.6. The number of nitrogens with one attached hydrogen (secondary N) is 1. The van der Waals surface area contributed by atoms with E-state index in [0.29, 0.717) is 23.5 Å². The molecule has 0 aliphatic carbocycles. The number of ether oxygens (including phenoxy) is 1. The summed E-state index contributed by atoms with van der Waals surface area (Å²) in [6.45, 7) is 2.69. The van der Waals surface area contributed by atoms with Gasteiger partial charge in [-0.1, -0.05) is 24.3 Å². The van der Waals surface area contributed by atoms with Gasteiger partial charge in [-0.15, -0.1) is 0 Å². The van der Waals surface area contributed by atoms with Gasteiger partial charge in [0.1, 0.15) is 0 Å². The number of hydrogen-bond acceptors (Lipinski definition) is 4. The maximum atomic E-state index is 12.3. The predicted molar refractivity (Wildman–Crippen MR) is 98.2 cm³/mol. The first-order valence-corrected chi connectivity index (χ1v) is 8.14. The van der Waals surface area contributed by atoms with Crippen LogP contribution in [-0.4, -0.2) is 28.8 Å². The third kappa shape index (κ3) is 3.97. The molecule has 2 aromatic carbocycles. The van der Waals surface area contributed by atoms with Gasteiger partial charge < -0.3 is 10.1 Å². The highest BCUT2D eigenvalue weighted by atomic mass is 16.5. The third-order valence-electron chi connectivity index (χ3n) is 4.04. The van der Waals surface area contributed by atoms with Gasteiger partial charge in [0.25, 0.3) is 5.91 Å². The number of aromatic nitrogens is 2. The minimum absolute atomic E-state index is 0.289. The van der Waals surface area contributed by atoms with Gasteiger partial charge in [-0.3, -0.25) is 9.48 Å². The highest BCUT2D eigenvalue weighted by Crippen LogP contribution is 2.12. The molecule has 6 nitrogen and oxygen atoms in total. The number of amides is 1. The molecule has 0 saturated heterocycles. The lowest BCUT2D eigenvalue weighted by Gasteiger charge is -2.06. The number of anilines is 1. The van der Waals surface area contributed by atoms with Gasteiger partial charge in [0.15, 0.2) is 5.82 Å². The summed E-state index contributed by atoms with van der Waals surface area (Å²) in [4.78, 5) is 23.7. The molecule has 0 atom stereocenters. The van der Waals surface area contributed by atoms with Gasteiger partial charge in [0.05, 0.1) is 19.2 Å². The molecule has 0 spiro atoms. The maximum absolute atomic E-state index is 12.3. The van der Waals surface area contributed by atoms with E-state index >= 15 is 0 Å². The van der Waals surface area contributed by atoms with Crippen molar-refractivity contribution in [1.29, 1.82) is 0 Å². The molecular weight excluding hydrogens is 330 g/mol. The second-order valence-electron chi connectivity index (χ2n) is 5.85.